The number of hydrogen-bond acceptors (Lipinski definition) is 3. The summed E-state index contributed by atoms with van der Waals surface area (Å²) in [6, 6.07) is 17.7. The van der Waals surface area contributed by atoms with Crippen molar-refractivity contribution >= 4 is 22.6 Å². The van der Waals surface area contributed by atoms with Crippen LogP contribution in [0.5, 0.6) is 0 Å². The normalized spacial score (nSPS) is 12.4. The van der Waals surface area contributed by atoms with Crippen molar-refractivity contribution in [2.45, 2.75) is 12.5 Å². The number of nitrogens with two attached hydrogens (primary N) is 1. The Balaban J connectivity index is 1.61. The van der Waals surface area contributed by atoms with Gasteiger partial charge in [-0.1, -0.05) is 29.8 Å². The zero-order chi connectivity index (χ0) is 17.2. The largest absolute Gasteiger partial charge is 0.341 e. The maximum absolute atomic E-state index is 6.34. The number of fused-ring (bicyclic) bond motifs is 1. The number of nitrogens with one attached hydrogen (secondary N) is 1. The van der Waals surface area contributed by atoms with Crippen molar-refractivity contribution in [1.29, 1.82) is 0 Å². The molecule has 2 aromatic carbocycles. The molecule has 5 heteroatoms. The third-order valence-corrected chi connectivity index (χ3v) is 4.49. The molecule has 2 heterocycles. The van der Waals surface area contributed by atoms with E-state index in [-0.39, 0.29) is 6.04 Å². The van der Waals surface area contributed by atoms with Gasteiger partial charge >= 0.3 is 0 Å². The maximum atomic E-state index is 6.34. The van der Waals surface area contributed by atoms with Crippen LogP contribution in [0.15, 0.2) is 67.0 Å². The van der Waals surface area contributed by atoms with Crippen LogP contribution in [-0.4, -0.2) is 15.0 Å². The number of imidazole rings is 1. The summed E-state index contributed by atoms with van der Waals surface area (Å²) < 4.78 is 0. The lowest BCUT2D eigenvalue weighted by Gasteiger charge is -2.08. The van der Waals surface area contributed by atoms with Gasteiger partial charge in [0.15, 0.2) is 0 Å². The van der Waals surface area contributed by atoms with Gasteiger partial charge in [0.25, 0.3) is 0 Å². The van der Waals surface area contributed by atoms with Crippen molar-refractivity contribution in [3.8, 4) is 11.1 Å². The fraction of sp³-hybridized carbons (Fsp3) is 0.100. The zero-order valence-corrected chi connectivity index (χ0v) is 14.2. The standard InChI is InChI=1S/C20H17ClN4/c21-16-4-1-13(2-5-16)11-17(22)20-24-18-6-3-15(12-19(18)25-20)14-7-9-23-10-8-14/h1-10,12,17H,11,22H2,(H,24,25)/t17-/m1/s1. The van der Waals surface area contributed by atoms with Gasteiger partial charge < -0.3 is 10.7 Å². The van der Waals surface area contributed by atoms with E-state index < -0.39 is 0 Å². The molecule has 0 amide bonds. The van der Waals surface area contributed by atoms with Gasteiger partial charge in [-0.05, 0) is 59.5 Å². The van der Waals surface area contributed by atoms with Gasteiger partial charge in [-0.2, -0.15) is 0 Å². The topological polar surface area (TPSA) is 67.6 Å². The van der Waals surface area contributed by atoms with Crippen molar-refractivity contribution in [2.75, 3.05) is 0 Å². The lowest BCUT2D eigenvalue weighted by molar-refractivity contribution is 0.680. The molecule has 4 nitrogen and oxygen atoms in total. The highest BCUT2D eigenvalue weighted by Gasteiger charge is 2.13. The molecule has 0 aliphatic carbocycles. The zero-order valence-electron chi connectivity index (χ0n) is 13.5. The van der Waals surface area contributed by atoms with E-state index in [0.717, 1.165) is 38.6 Å². The van der Waals surface area contributed by atoms with Crippen molar-refractivity contribution in [3.05, 3.63) is 83.4 Å². The summed E-state index contributed by atoms with van der Waals surface area (Å²) in [4.78, 5) is 12.1. The summed E-state index contributed by atoms with van der Waals surface area (Å²) in [5, 5.41) is 0.727. The molecule has 0 fully saturated rings. The van der Waals surface area contributed by atoms with Crippen LogP contribution >= 0.6 is 11.6 Å². The smallest absolute Gasteiger partial charge is 0.124 e. The highest BCUT2D eigenvalue weighted by atomic mass is 35.5. The second-order valence-electron chi connectivity index (χ2n) is 6.03. The Labute approximate surface area is 150 Å². The van der Waals surface area contributed by atoms with Gasteiger partial charge in [-0.25, -0.2) is 4.98 Å². The number of hydrogen-bond donors (Lipinski definition) is 2. The predicted octanol–water partition coefficient (Wildman–Crippen LogP) is 4.52. The summed E-state index contributed by atoms with van der Waals surface area (Å²) in [7, 11) is 0. The first-order valence-corrected chi connectivity index (χ1v) is 8.47. The number of benzene rings is 2. The minimum Gasteiger partial charge on any atom is -0.341 e. The molecule has 0 unspecified atom stereocenters. The monoisotopic (exact) mass is 348 g/mol. The molecule has 2 aromatic heterocycles. The Morgan fingerprint density at radius 1 is 0.960 bits per heavy atom. The minimum atomic E-state index is -0.196. The number of halogens is 1. The van der Waals surface area contributed by atoms with Crippen LogP contribution in [0, 0.1) is 0 Å². The molecule has 0 aliphatic rings. The lowest BCUT2D eigenvalue weighted by Crippen LogP contribution is -2.14. The molecule has 25 heavy (non-hydrogen) atoms. The number of H-pyrrole nitrogens is 1. The van der Waals surface area contributed by atoms with E-state index in [0.29, 0.717) is 6.42 Å². The Bertz CT molecular complexity index is 993. The average molecular weight is 349 g/mol. The Hall–Kier alpha value is -2.69. The summed E-state index contributed by atoms with van der Waals surface area (Å²) >= 11 is 5.93. The molecule has 124 valence electrons. The van der Waals surface area contributed by atoms with E-state index in [2.05, 4.69) is 22.1 Å². The van der Waals surface area contributed by atoms with Crippen molar-refractivity contribution in [3.63, 3.8) is 0 Å². The van der Waals surface area contributed by atoms with Gasteiger partial charge in [0.05, 0.1) is 17.1 Å². The first-order chi connectivity index (χ1) is 12.2. The molecule has 0 saturated carbocycles. The van der Waals surface area contributed by atoms with Crippen LogP contribution in [0.2, 0.25) is 5.02 Å². The van der Waals surface area contributed by atoms with E-state index >= 15 is 0 Å². The second-order valence-corrected chi connectivity index (χ2v) is 6.46. The number of rotatable bonds is 4. The summed E-state index contributed by atoms with van der Waals surface area (Å²) in [5.74, 6) is 0.789. The molecule has 0 aliphatic heterocycles. The number of aromatic amines is 1. The van der Waals surface area contributed by atoms with Gasteiger partial charge in [0, 0.05) is 17.4 Å². The van der Waals surface area contributed by atoms with Gasteiger partial charge in [0.2, 0.25) is 0 Å². The van der Waals surface area contributed by atoms with E-state index in [1.54, 1.807) is 12.4 Å². The number of aromatic nitrogens is 3. The second kappa shape index (κ2) is 6.67. The molecule has 0 bridgehead atoms. The third-order valence-electron chi connectivity index (χ3n) is 4.24. The van der Waals surface area contributed by atoms with Gasteiger partial charge in [0.1, 0.15) is 5.82 Å². The fourth-order valence-electron chi connectivity index (χ4n) is 2.90. The molecule has 0 spiro atoms. The van der Waals surface area contributed by atoms with Crippen LogP contribution in [0.1, 0.15) is 17.4 Å². The van der Waals surface area contributed by atoms with Crippen LogP contribution < -0.4 is 5.73 Å². The van der Waals surface area contributed by atoms with Crippen LogP contribution in [0.3, 0.4) is 0 Å². The van der Waals surface area contributed by atoms with Crippen molar-refractivity contribution in [2.24, 2.45) is 5.73 Å². The Morgan fingerprint density at radius 3 is 2.48 bits per heavy atom. The summed E-state index contributed by atoms with van der Waals surface area (Å²) in [6.45, 7) is 0. The molecule has 4 rings (SSSR count). The summed E-state index contributed by atoms with van der Waals surface area (Å²) in [5.41, 5.74) is 11.6. The number of nitrogens with zero attached hydrogens (tertiary/aromatic N) is 2. The van der Waals surface area contributed by atoms with Crippen LogP contribution in [0.25, 0.3) is 22.2 Å². The minimum absolute atomic E-state index is 0.196. The molecular weight excluding hydrogens is 332 g/mol. The summed E-state index contributed by atoms with van der Waals surface area (Å²) in [6.07, 6.45) is 4.28. The average Bonchev–Trinajstić information content (AvgIpc) is 3.08. The fourth-order valence-corrected chi connectivity index (χ4v) is 3.02. The molecule has 0 radical (unpaired) electrons. The van der Waals surface area contributed by atoms with Gasteiger partial charge in [-0.15, -0.1) is 0 Å². The van der Waals surface area contributed by atoms with E-state index in [1.165, 1.54) is 0 Å². The van der Waals surface area contributed by atoms with Crippen molar-refractivity contribution in [1.82, 2.24) is 15.0 Å². The van der Waals surface area contributed by atoms with Gasteiger partial charge in [-0.3, -0.25) is 4.98 Å². The third kappa shape index (κ3) is 3.40. The number of pyridine rings is 1. The van der Waals surface area contributed by atoms with E-state index in [9.17, 15) is 0 Å². The molecule has 1 atom stereocenters. The van der Waals surface area contributed by atoms with E-state index in [1.807, 2.05) is 42.5 Å². The van der Waals surface area contributed by atoms with Crippen LogP contribution in [-0.2, 0) is 6.42 Å². The molecule has 0 saturated heterocycles. The first kappa shape index (κ1) is 15.8. The molecule has 3 N–H and O–H groups in total. The first-order valence-electron chi connectivity index (χ1n) is 8.09. The SMILES string of the molecule is N[C@H](Cc1ccc(Cl)cc1)c1nc2cc(-c3ccncc3)ccc2[nH]1. The lowest BCUT2D eigenvalue weighted by atomic mass is 10.1. The highest BCUT2D eigenvalue weighted by molar-refractivity contribution is 6.30. The van der Waals surface area contributed by atoms with Crippen LogP contribution in [0.4, 0.5) is 0 Å². The Kier molecular flexibility index (Phi) is 4.22. The quantitative estimate of drug-likeness (QED) is 0.569. The molecular formula is C20H17ClN4. The maximum Gasteiger partial charge on any atom is 0.124 e. The molecule has 4 aromatic rings. The predicted molar refractivity (Wildman–Crippen MR) is 101 cm³/mol. The highest BCUT2D eigenvalue weighted by Crippen LogP contribution is 2.24. The Morgan fingerprint density at radius 2 is 1.72 bits per heavy atom. The van der Waals surface area contributed by atoms with E-state index in [4.69, 9.17) is 22.3 Å². The van der Waals surface area contributed by atoms with Crippen molar-refractivity contribution < 1.29 is 0 Å².